The van der Waals surface area contributed by atoms with Crippen molar-refractivity contribution in [2.75, 3.05) is 31.5 Å². The van der Waals surface area contributed by atoms with E-state index in [1.165, 1.54) is 53.7 Å². The van der Waals surface area contributed by atoms with Crippen molar-refractivity contribution in [1.29, 1.82) is 0 Å². The molecule has 2 aromatic carbocycles. The fourth-order valence-corrected chi connectivity index (χ4v) is 5.03. The molecule has 0 radical (unpaired) electrons. The van der Waals surface area contributed by atoms with Crippen molar-refractivity contribution >= 4 is 21.7 Å². The smallest absolute Gasteiger partial charge is 0.134 e. The van der Waals surface area contributed by atoms with E-state index in [4.69, 9.17) is 4.98 Å². The van der Waals surface area contributed by atoms with Gasteiger partial charge in [-0.05, 0) is 72.8 Å². The molecule has 0 spiro atoms. The minimum atomic E-state index is 0.870. The zero-order chi connectivity index (χ0) is 19.6. The minimum absolute atomic E-state index is 0.870. The van der Waals surface area contributed by atoms with Crippen LogP contribution in [0, 0.1) is 0 Å². The molecule has 29 heavy (non-hydrogen) atoms. The molecule has 148 valence electrons. The van der Waals surface area contributed by atoms with Gasteiger partial charge in [-0.1, -0.05) is 52.3 Å². The van der Waals surface area contributed by atoms with E-state index < -0.39 is 0 Å². The Balaban J connectivity index is 1.45. The Kier molecular flexibility index (Phi) is 5.38. The number of nitrogens with one attached hydrogen (secondary N) is 1. The summed E-state index contributed by atoms with van der Waals surface area (Å²) < 4.78 is 1.14. The van der Waals surface area contributed by atoms with Crippen LogP contribution in [0.25, 0.3) is 11.1 Å². The number of rotatable bonds is 6. The predicted molar refractivity (Wildman–Crippen MR) is 124 cm³/mol. The Hall–Kier alpha value is -2.17. The van der Waals surface area contributed by atoms with E-state index in [9.17, 15) is 0 Å². The molecule has 0 saturated carbocycles. The summed E-state index contributed by atoms with van der Waals surface area (Å²) in [5.74, 6) is 1.05. The lowest BCUT2D eigenvalue weighted by Gasteiger charge is -2.17. The number of likely N-dealkylation sites (tertiary alicyclic amines) is 1. The summed E-state index contributed by atoms with van der Waals surface area (Å²) in [5.41, 5.74) is 7.85. The fourth-order valence-electron chi connectivity index (χ4n) is 4.62. The number of pyridine rings is 1. The van der Waals surface area contributed by atoms with Gasteiger partial charge in [0, 0.05) is 35.2 Å². The Morgan fingerprint density at radius 3 is 2.62 bits per heavy atom. The summed E-state index contributed by atoms with van der Waals surface area (Å²) in [7, 11) is 0. The standard InChI is InChI=1S/C25H26BrN3/c26-21-8-9-23-19(16-21)15-20-17-22(14-18-6-2-1-3-7-18)28-25(24(20)23)27-10-13-29-11-4-5-12-29/h1-3,6-9,16-17H,4-5,10-15H2,(H,27,28). The third kappa shape index (κ3) is 4.10. The van der Waals surface area contributed by atoms with Gasteiger partial charge in [0.25, 0.3) is 0 Å². The molecular formula is C25H26BrN3. The molecule has 0 bridgehead atoms. The van der Waals surface area contributed by atoms with Gasteiger partial charge in [0.05, 0.1) is 0 Å². The zero-order valence-corrected chi connectivity index (χ0v) is 18.2. The summed E-state index contributed by atoms with van der Waals surface area (Å²) in [5, 5.41) is 3.69. The number of anilines is 1. The highest BCUT2D eigenvalue weighted by Crippen LogP contribution is 2.42. The maximum atomic E-state index is 5.08. The Morgan fingerprint density at radius 1 is 0.966 bits per heavy atom. The van der Waals surface area contributed by atoms with Gasteiger partial charge in [-0.15, -0.1) is 0 Å². The van der Waals surface area contributed by atoms with Gasteiger partial charge in [-0.3, -0.25) is 0 Å². The monoisotopic (exact) mass is 447 g/mol. The zero-order valence-electron chi connectivity index (χ0n) is 16.6. The van der Waals surface area contributed by atoms with E-state index in [1.807, 2.05) is 0 Å². The van der Waals surface area contributed by atoms with E-state index in [0.29, 0.717) is 0 Å². The molecule has 0 unspecified atom stereocenters. The molecule has 1 aromatic heterocycles. The summed E-state index contributed by atoms with van der Waals surface area (Å²) in [6.07, 6.45) is 4.52. The molecule has 1 fully saturated rings. The summed E-state index contributed by atoms with van der Waals surface area (Å²) in [6.45, 7) is 4.50. The van der Waals surface area contributed by atoms with Crippen LogP contribution in [-0.4, -0.2) is 36.1 Å². The molecule has 3 aromatic rings. The van der Waals surface area contributed by atoms with E-state index >= 15 is 0 Å². The molecule has 0 atom stereocenters. The van der Waals surface area contributed by atoms with Gasteiger partial charge in [0.2, 0.25) is 0 Å². The van der Waals surface area contributed by atoms with Crippen LogP contribution in [0.5, 0.6) is 0 Å². The number of hydrogen-bond donors (Lipinski definition) is 1. The van der Waals surface area contributed by atoms with E-state index in [2.05, 4.69) is 80.7 Å². The highest BCUT2D eigenvalue weighted by molar-refractivity contribution is 9.10. The summed E-state index contributed by atoms with van der Waals surface area (Å²) in [4.78, 5) is 7.63. The third-order valence-electron chi connectivity index (χ3n) is 6.02. The van der Waals surface area contributed by atoms with Gasteiger partial charge < -0.3 is 10.2 Å². The van der Waals surface area contributed by atoms with Crippen LogP contribution in [0.2, 0.25) is 0 Å². The Labute approximate surface area is 181 Å². The molecule has 4 heteroatoms. The average molecular weight is 448 g/mol. The normalized spacial score (nSPS) is 15.3. The first-order valence-electron chi connectivity index (χ1n) is 10.6. The molecule has 5 rings (SSSR count). The van der Waals surface area contributed by atoms with Crippen molar-refractivity contribution in [2.45, 2.75) is 25.7 Å². The maximum Gasteiger partial charge on any atom is 0.134 e. The van der Waals surface area contributed by atoms with Crippen LogP contribution in [-0.2, 0) is 12.8 Å². The van der Waals surface area contributed by atoms with Crippen LogP contribution in [0.4, 0.5) is 5.82 Å². The lowest BCUT2D eigenvalue weighted by atomic mass is 10.0. The number of fused-ring (bicyclic) bond motifs is 3. The Bertz CT molecular complexity index is 1010. The maximum absolute atomic E-state index is 5.08. The Morgan fingerprint density at radius 2 is 1.79 bits per heavy atom. The first-order chi connectivity index (χ1) is 14.3. The minimum Gasteiger partial charge on any atom is -0.368 e. The van der Waals surface area contributed by atoms with Crippen LogP contribution in [0.3, 0.4) is 0 Å². The van der Waals surface area contributed by atoms with E-state index in [-0.39, 0.29) is 0 Å². The molecular weight excluding hydrogens is 422 g/mol. The topological polar surface area (TPSA) is 28.2 Å². The molecule has 3 nitrogen and oxygen atoms in total. The molecule has 0 amide bonds. The second-order valence-corrected chi connectivity index (χ2v) is 9.03. The molecule has 1 aliphatic heterocycles. The van der Waals surface area contributed by atoms with Gasteiger partial charge in [0.1, 0.15) is 5.82 Å². The van der Waals surface area contributed by atoms with Gasteiger partial charge >= 0.3 is 0 Å². The molecule has 2 heterocycles. The third-order valence-corrected chi connectivity index (χ3v) is 6.51. The van der Waals surface area contributed by atoms with Gasteiger partial charge in [-0.2, -0.15) is 0 Å². The number of nitrogens with zero attached hydrogens (tertiary/aromatic N) is 2. The van der Waals surface area contributed by atoms with E-state index in [0.717, 1.165) is 41.9 Å². The number of halogens is 1. The quantitative estimate of drug-likeness (QED) is 0.422. The molecule has 1 saturated heterocycles. The first kappa shape index (κ1) is 18.8. The van der Waals surface area contributed by atoms with Crippen molar-refractivity contribution in [3.63, 3.8) is 0 Å². The van der Waals surface area contributed by atoms with Gasteiger partial charge in [0.15, 0.2) is 0 Å². The summed E-state index contributed by atoms with van der Waals surface area (Å²) >= 11 is 3.63. The van der Waals surface area contributed by atoms with Crippen molar-refractivity contribution in [1.82, 2.24) is 9.88 Å². The SMILES string of the molecule is Brc1ccc2c(c1)Cc1cc(Cc3ccccc3)nc(NCCN3CCCC3)c1-2. The lowest BCUT2D eigenvalue weighted by Crippen LogP contribution is -2.26. The second kappa shape index (κ2) is 8.29. The highest BCUT2D eigenvalue weighted by Gasteiger charge is 2.24. The van der Waals surface area contributed by atoms with Gasteiger partial charge in [-0.25, -0.2) is 4.98 Å². The number of aromatic nitrogens is 1. The van der Waals surface area contributed by atoms with Crippen molar-refractivity contribution in [3.8, 4) is 11.1 Å². The van der Waals surface area contributed by atoms with Crippen molar-refractivity contribution in [3.05, 3.63) is 81.5 Å². The molecule has 1 N–H and O–H groups in total. The summed E-state index contributed by atoms with van der Waals surface area (Å²) in [6, 6.07) is 19.6. The van der Waals surface area contributed by atoms with E-state index in [1.54, 1.807) is 0 Å². The van der Waals surface area contributed by atoms with Crippen LogP contribution < -0.4 is 5.32 Å². The molecule has 2 aliphatic rings. The second-order valence-electron chi connectivity index (χ2n) is 8.11. The van der Waals surface area contributed by atoms with Crippen molar-refractivity contribution in [2.24, 2.45) is 0 Å². The highest BCUT2D eigenvalue weighted by atomic mass is 79.9. The average Bonchev–Trinajstić information content (AvgIpc) is 3.35. The van der Waals surface area contributed by atoms with Crippen LogP contribution in [0.15, 0.2) is 59.1 Å². The van der Waals surface area contributed by atoms with Crippen LogP contribution >= 0.6 is 15.9 Å². The number of hydrogen-bond acceptors (Lipinski definition) is 3. The number of benzene rings is 2. The lowest BCUT2D eigenvalue weighted by molar-refractivity contribution is 0.352. The van der Waals surface area contributed by atoms with Crippen molar-refractivity contribution < 1.29 is 0 Å². The molecule has 1 aliphatic carbocycles. The fraction of sp³-hybridized carbons (Fsp3) is 0.320. The largest absolute Gasteiger partial charge is 0.368 e. The first-order valence-corrected chi connectivity index (χ1v) is 11.4. The van der Waals surface area contributed by atoms with Crippen LogP contribution in [0.1, 0.15) is 35.2 Å². The predicted octanol–water partition coefficient (Wildman–Crippen LogP) is 5.51.